The van der Waals surface area contributed by atoms with Gasteiger partial charge >= 0.3 is 0 Å². The molecule has 2 rings (SSSR count). The van der Waals surface area contributed by atoms with E-state index in [0.29, 0.717) is 11.3 Å². The summed E-state index contributed by atoms with van der Waals surface area (Å²) in [6, 6.07) is 8.73. The van der Waals surface area contributed by atoms with Crippen LogP contribution in [0.25, 0.3) is 0 Å². The number of allylic oxidation sites excluding steroid dienone is 3. The van der Waals surface area contributed by atoms with E-state index < -0.39 is 0 Å². The lowest BCUT2D eigenvalue weighted by molar-refractivity contribution is 0.293. The second kappa shape index (κ2) is 5.71. The van der Waals surface area contributed by atoms with E-state index >= 15 is 0 Å². The maximum absolute atomic E-state index is 3.54. The molecular formula is C20H29N. The van der Waals surface area contributed by atoms with Gasteiger partial charge in [0.25, 0.3) is 0 Å². The Morgan fingerprint density at radius 3 is 2.29 bits per heavy atom. The number of benzene rings is 1. The van der Waals surface area contributed by atoms with Crippen LogP contribution >= 0.6 is 0 Å². The van der Waals surface area contributed by atoms with Gasteiger partial charge in [-0.15, -0.1) is 0 Å². The molecule has 1 aliphatic carbocycles. The predicted octanol–water partition coefficient (Wildman–Crippen LogP) is 5.90. The van der Waals surface area contributed by atoms with E-state index in [2.05, 4.69) is 89.4 Å². The molecule has 0 bridgehead atoms. The minimum Gasteiger partial charge on any atom is -0.356 e. The summed E-state index contributed by atoms with van der Waals surface area (Å²) in [6.45, 7) is 13.7. The summed E-state index contributed by atoms with van der Waals surface area (Å²) < 4.78 is 0. The van der Waals surface area contributed by atoms with Crippen LogP contribution in [0.3, 0.4) is 0 Å². The summed E-state index contributed by atoms with van der Waals surface area (Å²) >= 11 is 0. The van der Waals surface area contributed by atoms with Crippen LogP contribution < -0.4 is 5.32 Å². The average molecular weight is 283 g/mol. The van der Waals surface area contributed by atoms with Crippen LogP contribution in [-0.2, 0) is 5.41 Å². The van der Waals surface area contributed by atoms with Crippen molar-refractivity contribution >= 4 is 5.69 Å². The molecule has 1 aliphatic rings. The van der Waals surface area contributed by atoms with Crippen molar-refractivity contribution in [1.82, 2.24) is 0 Å². The number of hydrogen-bond acceptors (Lipinski definition) is 1. The van der Waals surface area contributed by atoms with Gasteiger partial charge in [0.05, 0.1) is 0 Å². The van der Waals surface area contributed by atoms with E-state index in [4.69, 9.17) is 0 Å². The minimum absolute atomic E-state index is 0.186. The van der Waals surface area contributed by atoms with E-state index in [0.717, 1.165) is 6.42 Å². The Morgan fingerprint density at radius 1 is 1.05 bits per heavy atom. The van der Waals surface area contributed by atoms with Gasteiger partial charge in [0.1, 0.15) is 0 Å². The highest BCUT2D eigenvalue weighted by Crippen LogP contribution is 2.33. The minimum atomic E-state index is 0.186. The Kier molecular flexibility index (Phi) is 4.32. The van der Waals surface area contributed by atoms with Crippen molar-refractivity contribution in [3.8, 4) is 0 Å². The van der Waals surface area contributed by atoms with Gasteiger partial charge in [0, 0.05) is 11.4 Å². The molecule has 1 nitrogen and oxygen atoms in total. The molecule has 0 aliphatic heterocycles. The summed E-state index contributed by atoms with van der Waals surface area (Å²) in [4.78, 5) is 0. The first kappa shape index (κ1) is 15.9. The Hall–Kier alpha value is -1.50. The van der Waals surface area contributed by atoms with Gasteiger partial charge in [-0.05, 0) is 46.9 Å². The van der Waals surface area contributed by atoms with Crippen molar-refractivity contribution in [2.45, 2.75) is 53.4 Å². The second-order valence-corrected chi connectivity index (χ2v) is 8.18. The predicted molar refractivity (Wildman–Crippen MR) is 93.5 cm³/mol. The molecule has 0 saturated heterocycles. The third-order valence-electron chi connectivity index (χ3n) is 4.23. The number of nitrogens with one attached hydrogen (secondary N) is 1. The quantitative estimate of drug-likeness (QED) is 0.712. The van der Waals surface area contributed by atoms with Crippen LogP contribution in [-0.4, -0.2) is 0 Å². The van der Waals surface area contributed by atoms with Crippen molar-refractivity contribution in [1.29, 1.82) is 0 Å². The molecule has 114 valence electrons. The van der Waals surface area contributed by atoms with Gasteiger partial charge in [0.15, 0.2) is 0 Å². The summed E-state index contributed by atoms with van der Waals surface area (Å²) in [5.74, 6) is 0.629. The molecule has 0 radical (unpaired) electrons. The van der Waals surface area contributed by atoms with Crippen molar-refractivity contribution in [2.75, 3.05) is 5.32 Å². The van der Waals surface area contributed by atoms with E-state index in [1.807, 2.05) is 0 Å². The van der Waals surface area contributed by atoms with Crippen molar-refractivity contribution in [3.63, 3.8) is 0 Å². The molecule has 1 aromatic carbocycles. The average Bonchev–Trinajstić information content (AvgIpc) is 2.37. The van der Waals surface area contributed by atoms with E-state index in [1.165, 1.54) is 16.9 Å². The molecule has 0 heterocycles. The van der Waals surface area contributed by atoms with Crippen LogP contribution in [0.2, 0.25) is 0 Å². The van der Waals surface area contributed by atoms with Gasteiger partial charge in [-0.25, -0.2) is 0 Å². The molecule has 1 heteroatoms. The highest BCUT2D eigenvalue weighted by Gasteiger charge is 2.23. The fourth-order valence-corrected chi connectivity index (χ4v) is 2.59. The Balaban J connectivity index is 2.08. The van der Waals surface area contributed by atoms with Gasteiger partial charge < -0.3 is 5.32 Å². The van der Waals surface area contributed by atoms with Gasteiger partial charge in [-0.3, -0.25) is 0 Å². The maximum Gasteiger partial charge on any atom is 0.0387 e. The SMILES string of the molecule is CC(C)(C)c1cccc(NC2=CCC(C(C)(C)C)C=C2)c1. The third kappa shape index (κ3) is 4.23. The molecule has 1 N–H and O–H groups in total. The fourth-order valence-electron chi connectivity index (χ4n) is 2.59. The normalized spacial score (nSPS) is 19.3. The van der Waals surface area contributed by atoms with Crippen LogP contribution in [0.1, 0.15) is 53.5 Å². The van der Waals surface area contributed by atoms with Crippen molar-refractivity contribution in [3.05, 3.63) is 53.8 Å². The summed E-state index contributed by atoms with van der Waals surface area (Å²) in [6.07, 6.45) is 8.00. The molecule has 0 aromatic heterocycles. The highest BCUT2D eigenvalue weighted by atomic mass is 14.9. The smallest absolute Gasteiger partial charge is 0.0387 e. The van der Waals surface area contributed by atoms with Crippen molar-refractivity contribution in [2.24, 2.45) is 11.3 Å². The van der Waals surface area contributed by atoms with Crippen LogP contribution in [0.4, 0.5) is 5.69 Å². The van der Waals surface area contributed by atoms with Crippen LogP contribution in [0.5, 0.6) is 0 Å². The lowest BCUT2D eigenvalue weighted by Crippen LogP contribution is -2.20. The van der Waals surface area contributed by atoms with Crippen LogP contribution in [0.15, 0.2) is 48.2 Å². The molecule has 21 heavy (non-hydrogen) atoms. The summed E-state index contributed by atoms with van der Waals surface area (Å²) in [5, 5.41) is 3.54. The summed E-state index contributed by atoms with van der Waals surface area (Å²) in [7, 11) is 0. The highest BCUT2D eigenvalue weighted by molar-refractivity contribution is 5.53. The Morgan fingerprint density at radius 2 is 1.76 bits per heavy atom. The Labute approximate surface area is 130 Å². The van der Waals surface area contributed by atoms with Crippen molar-refractivity contribution < 1.29 is 0 Å². The molecule has 1 atom stereocenters. The second-order valence-electron chi connectivity index (χ2n) is 8.18. The fraction of sp³-hybridized carbons (Fsp3) is 0.500. The topological polar surface area (TPSA) is 12.0 Å². The zero-order chi connectivity index (χ0) is 15.7. The molecular weight excluding hydrogens is 254 g/mol. The summed E-state index contributed by atoms with van der Waals surface area (Å²) in [5.41, 5.74) is 4.27. The molecule has 0 fully saturated rings. The van der Waals surface area contributed by atoms with E-state index in [1.54, 1.807) is 0 Å². The number of rotatable bonds is 2. The zero-order valence-corrected chi connectivity index (χ0v) is 14.3. The monoisotopic (exact) mass is 283 g/mol. The van der Waals surface area contributed by atoms with Crippen LogP contribution in [0, 0.1) is 11.3 Å². The van der Waals surface area contributed by atoms with Gasteiger partial charge in [-0.1, -0.05) is 65.8 Å². The van der Waals surface area contributed by atoms with Gasteiger partial charge in [0.2, 0.25) is 0 Å². The first-order valence-electron chi connectivity index (χ1n) is 7.92. The molecule has 0 spiro atoms. The van der Waals surface area contributed by atoms with Gasteiger partial charge in [-0.2, -0.15) is 0 Å². The first-order valence-corrected chi connectivity index (χ1v) is 7.92. The lowest BCUT2D eigenvalue weighted by atomic mass is 9.77. The third-order valence-corrected chi connectivity index (χ3v) is 4.23. The largest absolute Gasteiger partial charge is 0.356 e. The van der Waals surface area contributed by atoms with E-state index in [9.17, 15) is 0 Å². The first-order chi connectivity index (χ1) is 9.66. The number of hydrogen-bond donors (Lipinski definition) is 1. The maximum atomic E-state index is 3.54. The zero-order valence-electron chi connectivity index (χ0n) is 14.3. The molecule has 0 amide bonds. The molecule has 1 unspecified atom stereocenters. The Bertz CT molecular complexity index is 550. The number of anilines is 1. The van der Waals surface area contributed by atoms with E-state index in [-0.39, 0.29) is 5.41 Å². The molecule has 0 saturated carbocycles. The standard InChI is InChI=1S/C20H29N/c1-19(2,3)15-10-12-17(13-11-15)21-18-9-7-8-16(14-18)20(4,5)6/h7-10,12-15,21H,11H2,1-6H3. The molecule has 1 aromatic rings. The lowest BCUT2D eigenvalue weighted by Gasteiger charge is -2.29.